The minimum Gasteiger partial charge on any atom is -0.454 e. The first kappa shape index (κ1) is 9.66. The molecule has 0 unspecified atom stereocenters. The number of fused-ring (bicyclic) bond motifs is 1. The van der Waals surface area contributed by atoms with E-state index in [4.69, 9.17) is 19.3 Å². The van der Waals surface area contributed by atoms with Crippen LogP contribution in [0, 0.1) is 11.3 Å². The zero-order valence-electron chi connectivity index (χ0n) is 8.71. The Morgan fingerprint density at radius 1 is 1.29 bits per heavy atom. The highest BCUT2D eigenvalue weighted by Gasteiger charge is 2.16. The molecule has 1 aliphatic rings. The van der Waals surface area contributed by atoms with E-state index in [0.29, 0.717) is 23.2 Å². The summed E-state index contributed by atoms with van der Waals surface area (Å²) in [6, 6.07) is 7.33. The zero-order chi connectivity index (χ0) is 11.7. The van der Waals surface area contributed by atoms with Crippen molar-refractivity contribution in [3.63, 3.8) is 0 Å². The number of aromatic nitrogens is 2. The van der Waals surface area contributed by atoms with Crippen molar-refractivity contribution in [2.24, 2.45) is 0 Å². The van der Waals surface area contributed by atoms with Gasteiger partial charge in [0.1, 0.15) is 6.42 Å². The molecule has 6 nitrogen and oxygen atoms in total. The van der Waals surface area contributed by atoms with Gasteiger partial charge >= 0.3 is 0 Å². The molecule has 0 amide bonds. The highest BCUT2D eigenvalue weighted by Crippen LogP contribution is 2.35. The van der Waals surface area contributed by atoms with Crippen LogP contribution in [0.15, 0.2) is 22.7 Å². The Morgan fingerprint density at radius 2 is 2.18 bits per heavy atom. The zero-order valence-corrected chi connectivity index (χ0v) is 8.71. The summed E-state index contributed by atoms with van der Waals surface area (Å²) in [5.41, 5.74) is 0.766. The van der Waals surface area contributed by atoms with Crippen LogP contribution in [0.1, 0.15) is 5.89 Å². The molecular formula is C11H7N3O3. The third kappa shape index (κ3) is 1.67. The largest absolute Gasteiger partial charge is 0.454 e. The minimum atomic E-state index is 0.109. The maximum Gasteiger partial charge on any atom is 0.241 e. The minimum absolute atomic E-state index is 0.109. The van der Waals surface area contributed by atoms with Crippen LogP contribution in [0.5, 0.6) is 11.5 Å². The van der Waals surface area contributed by atoms with Gasteiger partial charge in [0.05, 0.1) is 6.07 Å². The van der Waals surface area contributed by atoms with Crippen LogP contribution in [0.25, 0.3) is 11.4 Å². The number of hydrogen-bond donors (Lipinski definition) is 0. The van der Waals surface area contributed by atoms with Crippen molar-refractivity contribution >= 4 is 0 Å². The van der Waals surface area contributed by atoms with Gasteiger partial charge in [-0.3, -0.25) is 0 Å². The van der Waals surface area contributed by atoms with Crippen LogP contribution in [0.3, 0.4) is 0 Å². The molecule has 1 aliphatic heterocycles. The van der Waals surface area contributed by atoms with Crippen molar-refractivity contribution in [3.05, 3.63) is 24.1 Å². The number of nitriles is 1. The van der Waals surface area contributed by atoms with Gasteiger partial charge in [-0.2, -0.15) is 10.2 Å². The third-order valence-electron chi connectivity index (χ3n) is 2.33. The molecule has 2 aromatic rings. The molecule has 84 valence electrons. The van der Waals surface area contributed by atoms with Gasteiger partial charge in [-0.15, -0.1) is 0 Å². The first-order valence-electron chi connectivity index (χ1n) is 4.96. The summed E-state index contributed by atoms with van der Waals surface area (Å²) in [5, 5.41) is 12.3. The van der Waals surface area contributed by atoms with E-state index in [1.54, 1.807) is 12.1 Å². The van der Waals surface area contributed by atoms with E-state index in [2.05, 4.69) is 10.1 Å². The monoisotopic (exact) mass is 229 g/mol. The molecule has 0 atom stereocenters. The quantitative estimate of drug-likeness (QED) is 0.776. The van der Waals surface area contributed by atoms with E-state index in [1.165, 1.54) is 0 Å². The number of hydrogen-bond acceptors (Lipinski definition) is 6. The van der Waals surface area contributed by atoms with Crippen LogP contribution in [0.2, 0.25) is 0 Å². The average molecular weight is 229 g/mol. The van der Waals surface area contributed by atoms with Gasteiger partial charge in [0, 0.05) is 5.56 Å². The maximum absolute atomic E-state index is 8.51. The molecule has 1 aromatic heterocycles. The molecule has 6 heteroatoms. The fourth-order valence-electron chi connectivity index (χ4n) is 1.55. The maximum atomic E-state index is 8.51. The second-order valence-corrected chi connectivity index (χ2v) is 3.41. The normalized spacial score (nSPS) is 12.4. The second kappa shape index (κ2) is 3.79. The van der Waals surface area contributed by atoms with Crippen molar-refractivity contribution in [1.82, 2.24) is 10.1 Å². The van der Waals surface area contributed by atoms with E-state index in [1.807, 2.05) is 12.1 Å². The van der Waals surface area contributed by atoms with Crippen molar-refractivity contribution in [2.45, 2.75) is 6.42 Å². The lowest BCUT2D eigenvalue weighted by atomic mass is 10.2. The Hall–Kier alpha value is -2.55. The molecule has 0 saturated carbocycles. The number of nitrogens with zero attached hydrogens (tertiary/aromatic N) is 3. The van der Waals surface area contributed by atoms with E-state index in [0.717, 1.165) is 5.56 Å². The predicted octanol–water partition coefficient (Wildman–Crippen LogP) is 1.53. The van der Waals surface area contributed by atoms with E-state index < -0.39 is 0 Å². The summed E-state index contributed by atoms with van der Waals surface area (Å²) in [4.78, 5) is 4.10. The molecule has 17 heavy (non-hydrogen) atoms. The molecule has 2 heterocycles. The third-order valence-corrected chi connectivity index (χ3v) is 2.33. The van der Waals surface area contributed by atoms with Gasteiger partial charge < -0.3 is 14.0 Å². The van der Waals surface area contributed by atoms with Gasteiger partial charge in [0.25, 0.3) is 0 Å². The highest BCUT2D eigenvalue weighted by molar-refractivity contribution is 5.61. The van der Waals surface area contributed by atoms with Crippen LogP contribution in [0.4, 0.5) is 0 Å². The number of benzene rings is 1. The van der Waals surface area contributed by atoms with Crippen LogP contribution < -0.4 is 9.47 Å². The average Bonchev–Trinajstić information content (AvgIpc) is 2.96. The highest BCUT2D eigenvalue weighted by atomic mass is 16.7. The van der Waals surface area contributed by atoms with Gasteiger partial charge in [-0.1, -0.05) is 5.16 Å². The van der Waals surface area contributed by atoms with Gasteiger partial charge in [0.15, 0.2) is 11.5 Å². The SMILES string of the molecule is N#CCc1nc(-c2ccc3c(c2)OCO3)no1. The summed E-state index contributed by atoms with van der Waals surface area (Å²) in [7, 11) is 0. The van der Waals surface area contributed by atoms with Gasteiger partial charge in [-0.25, -0.2) is 0 Å². The van der Waals surface area contributed by atoms with Crippen molar-refractivity contribution in [1.29, 1.82) is 5.26 Å². The van der Waals surface area contributed by atoms with E-state index in [-0.39, 0.29) is 13.2 Å². The lowest BCUT2D eigenvalue weighted by Gasteiger charge is -1.97. The molecule has 0 bridgehead atoms. The fraction of sp³-hybridized carbons (Fsp3) is 0.182. The number of ether oxygens (including phenoxy) is 2. The van der Waals surface area contributed by atoms with Gasteiger partial charge in [-0.05, 0) is 18.2 Å². The molecule has 0 saturated heterocycles. The lowest BCUT2D eigenvalue weighted by molar-refractivity contribution is 0.174. The molecule has 0 radical (unpaired) electrons. The van der Waals surface area contributed by atoms with Crippen molar-refractivity contribution in [3.8, 4) is 29.0 Å². The Morgan fingerprint density at radius 3 is 3.06 bits per heavy atom. The van der Waals surface area contributed by atoms with Gasteiger partial charge in [0.2, 0.25) is 18.5 Å². The van der Waals surface area contributed by atoms with E-state index >= 15 is 0 Å². The smallest absolute Gasteiger partial charge is 0.241 e. The van der Waals surface area contributed by atoms with Crippen LogP contribution in [-0.4, -0.2) is 16.9 Å². The van der Waals surface area contributed by atoms with Crippen LogP contribution in [-0.2, 0) is 6.42 Å². The lowest BCUT2D eigenvalue weighted by Crippen LogP contribution is -1.92. The predicted molar refractivity (Wildman–Crippen MR) is 55.2 cm³/mol. The first-order chi connectivity index (χ1) is 8.36. The van der Waals surface area contributed by atoms with Crippen LogP contribution >= 0.6 is 0 Å². The molecule has 3 rings (SSSR count). The molecular weight excluding hydrogens is 222 g/mol. The first-order valence-corrected chi connectivity index (χ1v) is 4.96. The van der Waals surface area contributed by atoms with Crippen molar-refractivity contribution < 1.29 is 14.0 Å². The second-order valence-electron chi connectivity index (χ2n) is 3.41. The summed E-state index contributed by atoms with van der Waals surface area (Å²) < 4.78 is 15.4. The Bertz CT molecular complexity index is 600. The molecule has 0 N–H and O–H groups in total. The molecule has 0 spiro atoms. The van der Waals surface area contributed by atoms with Crippen molar-refractivity contribution in [2.75, 3.05) is 6.79 Å². The topological polar surface area (TPSA) is 81.2 Å². The molecule has 0 fully saturated rings. The Balaban J connectivity index is 1.95. The molecule has 0 aliphatic carbocycles. The Labute approximate surface area is 96.4 Å². The Kier molecular flexibility index (Phi) is 2.15. The number of rotatable bonds is 2. The summed E-state index contributed by atoms with van der Waals surface area (Å²) in [6.07, 6.45) is 0.109. The summed E-state index contributed by atoms with van der Waals surface area (Å²) in [6.45, 7) is 0.227. The molecule has 1 aromatic carbocycles. The summed E-state index contributed by atoms with van der Waals surface area (Å²) >= 11 is 0. The standard InChI is InChI=1S/C11H7N3O3/c12-4-3-10-13-11(14-17-10)7-1-2-8-9(5-7)16-6-15-8/h1-2,5H,3,6H2. The van der Waals surface area contributed by atoms with E-state index in [9.17, 15) is 0 Å². The summed E-state index contributed by atoms with van der Waals surface area (Å²) in [5.74, 6) is 2.11. The fourth-order valence-corrected chi connectivity index (χ4v) is 1.55.